The maximum absolute atomic E-state index is 4.92. The largest absolute Gasteiger partial charge is 0.352 e. The van der Waals surface area contributed by atoms with E-state index in [4.69, 9.17) is 4.98 Å². The van der Waals surface area contributed by atoms with Gasteiger partial charge < -0.3 is 10.2 Å². The molecule has 2 aromatic rings. The lowest BCUT2D eigenvalue weighted by atomic mass is 10.3. The predicted octanol–water partition coefficient (Wildman–Crippen LogP) is 3.03. The number of rotatable bonds is 7. The number of hydrogen-bond acceptors (Lipinski definition) is 4. The van der Waals surface area contributed by atoms with Crippen molar-refractivity contribution in [1.29, 1.82) is 0 Å². The first kappa shape index (κ1) is 12.7. The van der Waals surface area contributed by atoms with Gasteiger partial charge in [-0.1, -0.05) is 6.92 Å². The smallest absolute Gasteiger partial charge is 0.195 e. The van der Waals surface area contributed by atoms with E-state index in [2.05, 4.69) is 33.1 Å². The van der Waals surface area contributed by atoms with Gasteiger partial charge in [0.2, 0.25) is 0 Å². The van der Waals surface area contributed by atoms with Gasteiger partial charge in [-0.3, -0.25) is 4.40 Å². The summed E-state index contributed by atoms with van der Waals surface area (Å²) in [5, 5.41) is 5.79. The third-order valence-electron chi connectivity index (χ3n) is 4.20. The van der Waals surface area contributed by atoms with E-state index in [1.807, 2.05) is 0 Å². The molecule has 2 fully saturated rings. The van der Waals surface area contributed by atoms with Crippen LogP contribution in [0.4, 0.5) is 5.82 Å². The van der Waals surface area contributed by atoms with Gasteiger partial charge in [0, 0.05) is 36.8 Å². The number of nitrogens with zero attached hydrogens (tertiary/aromatic N) is 3. The molecule has 0 saturated heterocycles. The number of anilines is 1. The molecule has 4 rings (SSSR count). The highest BCUT2D eigenvalue weighted by Crippen LogP contribution is 2.34. The van der Waals surface area contributed by atoms with Crippen molar-refractivity contribution < 1.29 is 0 Å². The Labute approximate surface area is 123 Å². The molecule has 5 heteroatoms. The lowest BCUT2D eigenvalue weighted by Crippen LogP contribution is -2.29. The molecule has 108 valence electrons. The maximum Gasteiger partial charge on any atom is 0.195 e. The van der Waals surface area contributed by atoms with E-state index in [0.29, 0.717) is 0 Å². The first-order valence-corrected chi connectivity index (χ1v) is 8.69. The van der Waals surface area contributed by atoms with E-state index < -0.39 is 0 Å². The molecule has 20 heavy (non-hydrogen) atoms. The van der Waals surface area contributed by atoms with Crippen LogP contribution in [0, 0.1) is 0 Å². The Morgan fingerprint density at radius 2 is 2.25 bits per heavy atom. The average molecular weight is 290 g/mol. The van der Waals surface area contributed by atoms with Gasteiger partial charge in [-0.2, -0.15) is 0 Å². The molecule has 2 heterocycles. The Morgan fingerprint density at radius 1 is 1.40 bits per heavy atom. The van der Waals surface area contributed by atoms with E-state index in [0.717, 1.165) is 30.1 Å². The second kappa shape index (κ2) is 5.04. The van der Waals surface area contributed by atoms with Crippen LogP contribution >= 0.6 is 11.3 Å². The highest BCUT2D eigenvalue weighted by molar-refractivity contribution is 7.15. The highest BCUT2D eigenvalue weighted by atomic mass is 32.1. The van der Waals surface area contributed by atoms with Crippen molar-refractivity contribution in [3.8, 4) is 0 Å². The van der Waals surface area contributed by atoms with Crippen LogP contribution in [0.1, 0.15) is 44.7 Å². The zero-order valence-electron chi connectivity index (χ0n) is 12.0. The summed E-state index contributed by atoms with van der Waals surface area (Å²) in [6, 6.07) is 1.48. The third-order valence-corrected chi connectivity index (χ3v) is 4.96. The first-order valence-electron chi connectivity index (χ1n) is 7.81. The highest BCUT2D eigenvalue weighted by Gasteiger charge is 2.32. The number of aromatic nitrogens is 2. The lowest BCUT2D eigenvalue weighted by molar-refractivity contribution is 0.662. The molecule has 2 aromatic heterocycles. The molecule has 4 nitrogen and oxygen atoms in total. The predicted molar refractivity (Wildman–Crippen MR) is 83.6 cm³/mol. The number of hydrogen-bond donors (Lipinski definition) is 1. The molecule has 0 aliphatic heterocycles. The molecule has 0 atom stereocenters. The quantitative estimate of drug-likeness (QED) is 0.851. The summed E-state index contributed by atoms with van der Waals surface area (Å²) in [4.78, 5) is 8.60. The number of thiazole rings is 1. The van der Waals surface area contributed by atoms with Crippen LogP contribution in [0.5, 0.6) is 0 Å². The first-order chi connectivity index (χ1) is 9.86. The molecule has 0 unspecified atom stereocenters. The van der Waals surface area contributed by atoms with E-state index in [1.165, 1.54) is 43.6 Å². The molecule has 0 amide bonds. The Hall–Kier alpha value is -1.07. The zero-order valence-corrected chi connectivity index (χ0v) is 12.8. The summed E-state index contributed by atoms with van der Waals surface area (Å²) >= 11 is 1.74. The van der Waals surface area contributed by atoms with Crippen LogP contribution < -0.4 is 10.2 Å². The minimum atomic E-state index is 0.735. The van der Waals surface area contributed by atoms with Crippen LogP contribution in [0.2, 0.25) is 0 Å². The van der Waals surface area contributed by atoms with Crippen LogP contribution in [-0.2, 0) is 6.54 Å². The molecule has 0 spiro atoms. The van der Waals surface area contributed by atoms with E-state index >= 15 is 0 Å². The second-order valence-corrected chi connectivity index (χ2v) is 6.89. The van der Waals surface area contributed by atoms with Gasteiger partial charge in [-0.05, 0) is 32.1 Å². The Bertz CT molecular complexity index is 594. The molecule has 0 radical (unpaired) electrons. The molecular formula is C15H22N4S. The SMILES string of the molecule is CCCN(c1nc2sccn2c1CNC1CC1)C1CC1. The van der Waals surface area contributed by atoms with E-state index in [1.54, 1.807) is 11.3 Å². The van der Waals surface area contributed by atoms with Crippen molar-refractivity contribution in [3.63, 3.8) is 0 Å². The van der Waals surface area contributed by atoms with Crippen molar-refractivity contribution in [2.45, 2.75) is 57.7 Å². The van der Waals surface area contributed by atoms with E-state index in [-0.39, 0.29) is 0 Å². The molecule has 2 saturated carbocycles. The fourth-order valence-electron chi connectivity index (χ4n) is 2.83. The minimum absolute atomic E-state index is 0.735. The van der Waals surface area contributed by atoms with Crippen LogP contribution in [0.25, 0.3) is 4.96 Å². The standard InChI is InChI=1S/C15H22N4S/c1-2-7-18(12-5-6-12)14-13(10-16-11-3-4-11)19-8-9-20-15(19)17-14/h8-9,11-12,16H,2-7,10H2,1H3. The minimum Gasteiger partial charge on any atom is -0.352 e. The van der Waals surface area contributed by atoms with Gasteiger partial charge in [0.05, 0.1) is 5.69 Å². The fourth-order valence-corrected chi connectivity index (χ4v) is 3.56. The van der Waals surface area contributed by atoms with Crippen molar-refractivity contribution in [2.24, 2.45) is 0 Å². The van der Waals surface area contributed by atoms with Gasteiger partial charge in [0.15, 0.2) is 10.8 Å². The fraction of sp³-hybridized carbons (Fsp3) is 0.667. The van der Waals surface area contributed by atoms with Crippen LogP contribution in [0.3, 0.4) is 0 Å². The molecule has 0 bridgehead atoms. The summed E-state index contributed by atoms with van der Waals surface area (Å²) in [6.07, 6.45) is 8.69. The van der Waals surface area contributed by atoms with Gasteiger partial charge >= 0.3 is 0 Å². The van der Waals surface area contributed by atoms with Crippen molar-refractivity contribution in [2.75, 3.05) is 11.4 Å². The Morgan fingerprint density at radius 3 is 2.95 bits per heavy atom. The third kappa shape index (κ3) is 2.33. The Balaban J connectivity index is 1.67. The zero-order chi connectivity index (χ0) is 13.5. The van der Waals surface area contributed by atoms with Crippen molar-refractivity contribution >= 4 is 22.1 Å². The summed E-state index contributed by atoms with van der Waals surface area (Å²) in [6.45, 7) is 4.34. The van der Waals surface area contributed by atoms with Gasteiger partial charge in [-0.15, -0.1) is 11.3 Å². The normalized spacial score (nSPS) is 18.9. The van der Waals surface area contributed by atoms with Crippen molar-refractivity contribution in [1.82, 2.24) is 14.7 Å². The monoisotopic (exact) mass is 290 g/mol. The summed E-state index contributed by atoms with van der Waals surface area (Å²) in [5.41, 5.74) is 1.36. The molecule has 0 aromatic carbocycles. The number of fused-ring (bicyclic) bond motifs is 1. The molecule has 1 N–H and O–H groups in total. The van der Waals surface area contributed by atoms with Crippen LogP contribution in [0.15, 0.2) is 11.6 Å². The van der Waals surface area contributed by atoms with Gasteiger partial charge in [0.25, 0.3) is 0 Å². The number of imidazole rings is 1. The summed E-state index contributed by atoms with van der Waals surface area (Å²) in [5.74, 6) is 1.23. The second-order valence-electron chi connectivity index (χ2n) is 6.02. The number of nitrogens with one attached hydrogen (secondary N) is 1. The molecule has 2 aliphatic carbocycles. The lowest BCUT2D eigenvalue weighted by Gasteiger charge is -2.23. The summed E-state index contributed by atoms with van der Waals surface area (Å²) < 4.78 is 2.28. The van der Waals surface area contributed by atoms with E-state index in [9.17, 15) is 0 Å². The average Bonchev–Trinajstić information content (AvgIpc) is 3.34. The maximum atomic E-state index is 4.92. The summed E-state index contributed by atoms with van der Waals surface area (Å²) in [7, 11) is 0. The van der Waals surface area contributed by atoms with Crippen LogP contribution in [-0.4, -0.2) is 28.0 Å². The van der Waals surface area contributed by atoms with Gasteiger partial charge in [0.1, 0.15) is 0 Å². The Kier molecular flexibility index (Phi) is 3.19. The van der Waals surface area contributed by atoms with Gasteiger partial charge in [-0.25, -0.2) is 4.98 Å². The topological polar surface area (TPSA) is 32.6 Å². The van der Waals surface area contributed by atoms with Crippen molar-refractivity contribution in [3.05, 3.63) is 17.3 Å². The molecular weight excluding hydrogens is 268 g/mol. The molecule has 2 aliphatic rings.